The van der Waals surface area contributed by atoms with Crippen LogP contribution in [0.25, 0.3) is 11.0 Å². The smallest absolute Gasteiger partial charge is 0.417 e. The van der Waals surface area contributed by atoms with Crippen molar-refractivity contribution < 1.29 is 27.1 Å². The molecule has 0 atom stereocenters. The average Bonchev–Trinajstić information content (AvgIpc) is 2.91. The lowest BCUT2D eigenvalue weighted by Gasteiger charge is -2.09. The predicted molar refractivity (Wildman–Crippen MR) is 72.1 cm³/mol. The average molecular weight is 309 g/mol. The number of methoxy groups -OCH3 is 1. The molecule has 0 aliphatic carbocycles. The molecule has 4 nitrogen and oxygen atoms in total. The quantitative estimate of drug-likeness (QED) is 0.706. The standard InChI is InChI=1S/C15H10F3NO3/c1-20-12-8-21-10-3-2-4-11(14(10)12)22-13-6-5-9(7-19-13)15(16,17)18/h2-8H,1H3. The van der Waals surface area contributed by atoms with Gasteiger partial charge in [0.05, 0.1) is 12.7 Å². The van der Waals surface area contributed by atoms with Gasteiger partial charge in [0.1, 0.15) is 23.0 Å². The highest BCUT2D eigenvalue weighted by molar-refractivity contribution is 5.90. The van der Waals surface area contributed by atoms with Crippen LogP contribution < -0.4 is 9.47 Å². The molecule has 22 heavy (non-hydrogen) atoms. The summed E-state index contributed by atoms with van der Waals surface area (Å²) in [5.41, 5.74) is -0.291. The van der Waals surface area contributed by atoms with Crippen LogP contribution in [0.5, 0.6) is 17.4 Å². The summed E-state index contributed by atoms with van der Waals surface area (Å²) in [6, 6.07) is 7.15. The summed E-state index contributed by atoms with van der Waals surface area (Å²) in [6.07, 6.45) is -2.28. The van der Waals surface area contributed by atoms with Gasteiger partial charge in [-0.25, -0.2) is 4.98 Å². The Balaban J connectivity index is 1.95. The Morgan fingerprint density at radius 3 is 2.55 bits per heavy atom. The molecule has 0 aliphatic rings. The first-order chi connectivity index (χ1) is 10.5. The molecule has 0 saturated heterocycles. The summed E-state index contributed by atoms with van der Waals surface area (Å²) in [5, 5.41) is 0.590. The number of ether oxygens (including phenoxy) is 2. The molecule has 3 aromatic rings. The summed E-state index contributed by atoms with van der Waals surface area (Å²) in [4.78, 5) is 3.67. The minimum Gasteiger partial charge on any atom is -0.493 e. The molecule has 0 N–H and O–H groups in total. The topological polar surface area (TPSA) is 44.5 Å². The van der Waals surface area contributed by atoms with Gasteiger partial charge in [0.25, 0.3) is 0 Å². The van der Waals surface area contributed by atoms with Crippen molar-refractivity contribution in [2.75, 3.05) is 7.11 Å². The van der Waals surface area contributed by atoms with Crippen molar-refractivity contribution in [3.05, 3.63) is 48.4 Å². The molecule has 0 fully saturated rings. The van der Waals surface area contributed by atoms with Crippen LogP contribution in [-0.4, -0.2) is 12.1 Å². The summed E-state index contributed by atoms with van der Waals surface area (Å²) < 4.78 is 53.5. The lowest BCUT2D eigenvalue weighted by atomic mass is 10.2. The van der Waals surface area contributed by atoms with Gasteiger partial charge in [-0.3, -0.25) is 0 Å². The van der Waals surface area contributed by atoms with Crippen LogP contribution >= 0.6 is 0 Å². The van der Waals surface area contributed by atoms with E-state index in [0.717, 1.165) is 18.3 Å². The van der Waals surface area contributed by atoms with E-state index in [9.17, 15) is 13.2 Å². The van der Waals surface area contributed by atoms with Gasteiger partial charge < -0.3 is 13.9 Å². The Bertz CT molecular complexity index is 794. The molecule has 7 heteroatoms. The van der Waals surface area contributed by atoms with Gasteiger partial charge in [0, 0.05) is 12.3 Å². The fourth-order valence-corrected chi connectivity index (χ4v) is 1.98. The maximum atomic E-state index is 12.5. The number of aromatic nitrogens is 1. The lowest BCUT2D eigenvalue weighted by molar-refractivity contribution is -0.137. The van der Waals surface area contributed by atoms with Crippen LogP contribution in [0.3, 0.4) is 0 Å². The van der Waals surface area contributed by atoms with Crippen LogP contribution in [-0.2, 0) is 6.18 Å². The zero-order valence-corrected chi connectivity index (χ0v) is 11.3. The van der Waals surface area contributed by atoms with Gasteiger partial charge in [0.2, 0.25) is 5.88 Å². The van der Waals surface area contributed by atoms with Gasteiger partial charge in [-0.2, -0.15) is 13.2 Å². The Hall–Kier alpha value is -2.70. The first-order valence-electron chi connectivity index (χ1n) is 6.24. The zero-order valence-electron chi connectivity index (χ0n) is 11.3. The molecule has 2 aromatic heterocycles. The Kier molecular flexibility index (Phi) is 3.40. The first kappa shape index (κ1) is 14.2. The van der Waals surface area contributed by atoms with Crippen LogP contribution in [0.2, 0.25) is 0 Å². The number of nitrogens with zero attached hydrogens (tertiary/aromatic N) is 1. The van der Waals surface area contributed by atoms with E-state index in [4.69, 9.17) is 13.9 Å². The number of benzene rings is 1. The van der Waals surface area contributed by atoms with Gasteiger partial charge in [0.15, 0.2) is 5.75 Å². The molecule has 1 aromatic carbocycles. The van der Waals surface area contributed by atoms with Crippen molar-refractivity contribution in [2.24, 2.45) is 0 Å². The van der Waals surface area contributed by atoms with E-state index in [1.54, 1.807) is 18.2 Å². The highest BCUT2D eigenvalue weighted by Gasteiger charge is 2.30. The Morgan fingerprint density at radius 2 is 1.91 bits per heavy atom. The molecule has 0 aliphatic heterocycles. The van der Waals surface area contributed by atoms with E-state index in [1.807, 2.05) is 0 Å². The van der Waals surface area contributed by atoms with Crippen molar-refractivity contribution in [1.82, 2.24) is 4.98 Å². The van der Waals surface area contributed by atoms with Gasteiger partial charge in [-0.05, 0) is 18.2 Å². The Morgan fingerprint density at radius 1 is 1.09 bits per heavy atom. The molecule has 0 saturated carbocycles. The second-order valence-electron chi connectivity index (χ2n) is 4.42. The number of furan rings is 1. The van der Waals surface area contributed by atoms with Crippen molar-refractivity contribution in [3.8, 4) is 17.4 Å². The summed E-state index contributed by atoms with van der Waals surface area (Å²) in [6.45, 7) is 0. The molecular weight excluding hydrogens is 299 g/mol. The number of hydrogen-bond acceptors (Lipinski definition) is 4. The van der Waals surface area contributed by atoms with Crippen LogP contribution in [0.4, 0.5) is 13.2 Å². The van der Waals surface area contributed by atoms with E-state index in [1.165, 1.54) is 13.4 Å². The molecule has 0 unspecified atom stereocenters. The van der Waals surface area contributed by atoms with Gasteiger partial charge in [-0.1, -0.05) is 6.07 Å². The number of pyridine rings is 1. The second kappa shape index (κ2) is 5.25. The van der Waals surface area contributed by atoms with Crippen molar-refractivity contribution >= 4 is 11.0 Å². The largest absolute Gasteiger partial charge is 0.493 e. The fourth-order valence-electron chi connectivity index (χ4n) is 1.98. The van der Waals surface area contributed by atoms with Gasteiger partial charge in [-0.15, -0.1) is 0 Å². The minimum absolute atomic E-state index is 0.0451. The molecule has 0 bridgehead atoms. The van der Waals surface area contributed by atoms with Crippen LogP contribution in [0.1, 0.15) is 5.56 Å². The van der Waals surface area contributed by atoms with Crippen molar-refractivity contribution in [3.63, 3.8) is 0 Å². The minimum atomic E-state index is -4.43. The SMILES string of the molecule is COc1coc2cccc(Oc3ccc(C(F)(F)F)cn3)c12. The summed E-state index contributed by atoms with van der Waals surface area (Å²) in [7, 11) is 1.48. The van der Waals surface area contributed by atoms with Crippen molar-refractivity contribution in [2.45, 2.75) is 6.18 Å². The molecular formula is C15H10F3NO3. The Labute approximate surface area is 123 Å². The third-order valence-corrected chi connectivity index (χ3v) is 3.03. The lowest BCUT2D eigenvalue weighted by Crippen LogP contribution is -2.05. The maximum Gasteiger partial charge on any atom is 0.417 e. The van der Waals surface area contributed by atoms with E-state index >= 15 is 0 Å². The summed E-state index contributed by atoms with van der Waals surface area (Å²) in [5.74, 6) is 0.900. The normalized spacial score (nSPS) is 11.6. The van der Waals surface area contributed by atoms with Crippen molar-refractivity contribution in [1.29, 1.82) is 0 Å². The van der Waals surface area contributed by atoms with Crippen LogP contribution in [0.15, 0.2) is 47.2 Å². The first-order valence-corrected chi connectivity index (χ1v) is 6.24. The maximum absolute atomic E-state index is 12.5. The second-order valence-corrected chi connectivity index (χ2v) is 4.42. The highest BCUT2D eigenvalue weighted by Crippen LogP contribution is 2.37. The number of rotatable bonds is 3. The highest BCUT2D eigenvalue weighted by atomic mass is 19.4. The molecule has 114 valence electrons. The predicted octanol–water partition coefficient (Wildman–Crippen LogP) is 4.65. The third-order valence-electron chi connectivity index (χ3n) is 3.03. The zero-order chi connectivity index (χ0) is 15.7. The van der Waals surface area contributed by atoms with E-state index in [0.29, 0.717) is 22.5 Å². The van der Waals surface area contributed by atoms with Gasteiger partial charge >= 0.3 is 6.18 Å². The molecule has 0 spiro atoms. The molecule has 3 rings (SSSR count). The third kappa shape index (κ3) is 2.57. The van der Waals surface area contributed by atoms with E-state index in [2.05, 4.69) is 4.98 Å². The fraction of sp³-hybridized carbons (Fsp3) is 0.133. The number of fused-ring (bicyclic) bond motifs is 1. The molecule has 2 heterocycles. The van der Waals surface area contributed by atoms with E-state index in [-0.39, 0.29) is 5.88 Å². The van der Waals surface area contributed by atoms with E-state index < -0.39 is 11.7 Å². The molecule has 0 radical (unpaired) electrons. The monoisotopic (exact) mass is 309 g/mol. The van der Waals surface area contributed by atoms with Crippen LogP contribution in [0, 0.1) is 0 Å². The molecule has 0 amide bonds. The number of alkyl halides is 3. The number of halogens is 3. The summed E-state index contributed by atoms with van der Waals surface area (Å²) >= 11 is 0. The number of hydrogen-bond donors (Lipinski definition) is 0.